The van der Waals surface area contributed by atoms with Gasteiger partial charge in [-0.2, -0.15) is 56.2 Å². The van der Waals surface area contributed by atoms with E-state index in [-0.39, 0.29) is 12.9 Å². The molecule has 54 heavy (non-hydrogen) atoms. The van der Waals surface area contributed by atoms with Crippen molar-refractivity contribution >= 4 is 130 Å². The molecule has 0 aliphatic heterocycles. The van der Waals surface area contributed by atoms with E-state index in [4.69, 9.17) is 46.2 Å². The standard InChI is InChI=1S/C16H32N4S4.C8H16N2O2S2.C8H18N2S2.CH4.BH2P.H2O.H2/c1-13-3-4-14(13)22-12-8-20-16(18)6-10-24-23-9-5-15(17)19-7-11-21-2;1-11-7(9)3-5-13-14-6-4-8(10)12-2;9-3-5-11-7-1-2-8(7)12-6-4-10;;1-2;;/h13-14H,3-12H2,1-2H3,(H2,17,19)(H2,18,20);9-10H,3-6H2,1-2H3;7-8H,1-6,9-10H2;1H4;2H2;1H2;1H/p+4/i;;;;;;1+2D. The topological polar surface area (TPSA) is 233 Å². The summed E-state index contributed by atoms with van der Waals surface area (Å²) in [5.74, 6) is 12.4. The van der Waals surface area contributed by atoms with Gasteiger partial charge in [0.15, 0.2) is 0 Å². The molecule has 0 saturated heterocycles. The molecule has 2 aliphatic rings. The van der Waals surface area contributed by atoms with Crippen LogP contribution >= 0.6 is 99.3 Å². The minimum absolute atomic E-state index is 0. The van der Waals surface area contributed by atoms with Crippen LogP contribution in [-0.4, -0.2) is 145 Å². The number of methoxy groups -OCH3 is 2. The summed E-state index contributed by atoms with van der Waals surface area (Å²) < 4.78 is 19.7. The van der Waals surface area contributed by atoms with E-state index in [0.717, 1.165) is 131 Å². The Kier molecular flexibility index (Phi) is 51.4. The number of nitrogens with one attached hydrogen (secondary N) is 2. The highest BCUT2D eigenvalue weighted by atomic mass is 33.1. The third-order valence-electron chi connectivity index (χ3n) is 7.50. The molecule has 322 valence electrons. The first kappa shape index (κ1) is 59.4. The molecular formula is C33H80BN8O3PS8+4. The number of nitrogens with two attached hydrogens (primary N) is 6. The van der Waals surface area contributed by atoms with Crippen molar-refractivity contribution in [3.8, 4) is 0 Å². The second kappa shape index (κ2) is 46.7. The Morgan fingerprint density at radius 2 is 1.07 bits per heavy atom. The fourth-order valence-electron chi connectivity index (χ4n) is 4.08. The summed E-state index contributed by atoms with van der Waals surface area (Å²) in [7, 11) is 16.8. The highest BCUT2D eigenvalue weighted by molar-refractivity contribution is 8.77. The first-order valence-corrected chi connectivity index (χ1v) is 28.0. The van der Waals surface area contributed by atoms with E-state index in [2.05, 4.69) is 42.5 Å². The Labute approximate surface area is 369 Å². The van der Waals surface area contributed by atoms with Crippen LogP contribution in [0.5, 0.6) is 0 Å². The highest BCUT2D eigenvalue weighted by Crippen LogP contribution is 2.39. The second-order valence-electron chi connectivity index (χ2n) is 11.5. The molecule has 0 bridgehead atoms. The minimum atomic E-state index is 0. The molecule has 2 aliphatic carbocycles. The van der Waals surface area contributed by atoms with Crippen molar-refractivity contribution in [3.05, 3.63) is 0 Å². The van der Waals surface area contributed by atoms with Gasteiger partial charge in [-0.05, 0) is 37.9 Å². The number of ether oxygens (including phenoxy) is 2. The summed E-state index contributed by atoms with van der Waals surface area (Å²) in [6, 6.07) is 0. The van der Waals surface area contributed by atoms with E-state index < -0.39 is 0 Å². The molecule has 0 aromatic rings. The Morgan fingerprint density at radius 3 is 1.39 bits per heavy atom. The molecule has 2 saturated carbocycles. The Bertz CT molecular complexity index is 908. The molecule has 16 N–H and O–H groups in total. The monoisotopic (exact) mass is 937 g/mol. The van der Waals surface area contributed by atoms with Crippen LogP contribution in [0, 0.1) is 5.92 Å². The molecule has 0 aromatic heterocycles. The summed E-state index contributed by atoms with van der Waals surface area (Å²) in [6.45, 7) is 5.94. The zero-order valence-electron chi connectivity index (χ0n) is 34.7. The molecular weight excluding hydrogens is 855 g/mol. The number of thioether (sulfide) groups is 4. The van der Waals surface area contributed by atoms with Gasteiger partial charge < -0.3 is 26.4 Å². The summed E-state index contributed by atoms with van der Waals surface area (Å²) in [6.07, 6.45) is 11.1. The molecule has 11 nitrogen and oxygen atoms in total. The quantitative estimate of drug-likeness (QED) is 0.0131. The average molecular weight is 938 g/mol. The van der Waals surface area contributed by atoms with Gasteiger partial charge in [-0.15, -0.1) is 0 Å². The Morgan fingerprint density at radius 1 is 0.704 bits per heavy atom. The second-order valence-corrected chi connectivity index (χ2v) is 21.9. The molecule has 2 fully saturated rings. The number of hydrogen-bond donors (Lipinski definition) is 8. The van der Waals surface area contributed by atoms with Crippen LogP contribution in [0.4, 0.5) is 0 Å². The van der Waals surface area contributed by atoms with E-state index in [1.807, 2.05) is 66.0 Å². The Balaban J connectivity index is -0.000000233. The number of rotatable bonds is 27. The lowest BCUT2D eigenvalue weighted by molar-refractivity contribution is -0.453. The van der Waals surface area contributed by atoms with Gasteiger partial charge in [0, 0.05) is 77.8 Å². The van der Waals surface area contributed by atoms with E-state index in [9.17, 15) is 0 Å². The molecule has 2 rings (SSSR count). The fourth-order valence-corrected chi connectivity index (χ4v) is 12.4. The van der Waals surface area contributed by atoms with E-state index in [1.165, 1.54) is 25.7 Å². The Hall–Kier alpha value is 1.05. The van der Waals surface area contributed by atoms with E-state index in [0.29, 0.717) is 11.8 Å². The third kappa shape index (κ3) is 38.6. The van der Waals surface area contributed by atoms with Crippen LogP contribution in [0.2, 0.25) is 0 Å². The van der Waals surface area contributed by atoms with Gasteiger partial charge in [-0.3, -0.25) is 21.5 Å². The molecule has 5 unspecified atom stereocenters. The molecule has 0 aromatic carbocycles. The van der Waals surface area contributed by atoms with Crippen molar-refractivity contribution in [2.45, 2.75) is 81.5 Å². The van der Waals surface area contributed by atoms with Gasteiger partial charge in [0.1, 0.15) is 0 Å². The summed E-state index contributed by atoms with van der Waals surface area (Å²) in [4.78, 5) is 6.61. The molecule has 21 heteroatoms. The number of hydrogen-bond acceptors (Lipinski definition) is 12. The van der Waals surface area contributed by atoms with Gasteiger partial charge >= 0.3 is 11.8 Å². The first-order chi connectivity index (χ1) is 26.2. The molecule has 0 heterocycles. The lowest BCUT2D eigenvalue weighted by Gasteiger charge is -2.35. The SMILES string of the molecule is C.COC(=[NH2+])CCSSCCC(=[NH2+])OC.CSCC[NH+]=C(N)CCSSCCC(N)=[NH+]CCSC1CCC1C.NCCSC1CCC1SCCN.O.[2H][3H].[B]P. The normalized spacial score (nSPS) is 18.7. The van der Waals surface area contributed by atoms with E-state index >= 15 is 0 Å². The van der Waals surface area contributed by atoms with E-state index in [1.54, 1.807) is 35.8 Å². The van der Waals surface area contributed by atoms with Crippen LogP contribution in [0.3, 0.4) is 0 Å². The largest absolute Gasteiger partial charge is 0.451 e. The van der Waals surface area contributed by atoms with Crippen molar-refractivity contribution in [1.82, 2.24) is 0 Å². The van der Waals surface area contributed by atoms with Crippen molar-refractivity contribution in [2.75, 3.05) is 92.7 Å². The van der Waals surface area contributed by atoms with Gasteiger partial charge in [-0.1, -0.05) is 57.5 Å². The smallest absolute Gasteiger partial charge is 0.333 e. The maximum Gasteiger partial charge on any atom is 0.333 e. The lowest BCUT2D eigenvalue weighted by Crippen LogP contribution is -2.76. The summed E-state index contributed by atoms with van der Waals surface area (Å²) >= 11 is 8.00. The summed E-state index contributed by atoms with van der Waals surface area (Å²) in [5.41, 5.74) is 22.9. The predicted molar refractivity (Wildman–Crippen MR) is 267 cm³/mol. The van der Waals surface area contributed by atoms with Crippen LogP contribution in [0.25, 0.3) is 0 Å². The molecule has 0 amide bonds. The third-order valence-corrected chi connectivity index (χ3v) is 17.6. The maximum absolute atomic E-state index is 6.03. The predicted octanol–water partition coefficient (Wildman–Crippen LogP) is -0.422. The van der Waals surface area contributed by atoms with Gasteiger partial charge in [0.2, 0.25) is 11.7 Å². The molecule has 5 atom stereocenters. The molecule has 0 spiro atoms. The zero-order valence-corrected chi connectivity index (χ0v) is 40.3. The molecule has 2 radical (unpaired) electrons. The van der Waals surface area contributed by atoms with Crippen LogP contribution < -0.4 is 43.7 Å². The van der Waals surface area contributed by atoms with Crippen molar-refractivity contribution in [2.24, 2.45) is 28.9 Å². The number of amidine groups is 2. The van der Waals surface area contributed by atoms with Gasteiger partial charge in [0.25, 0.3) is 0 Å². The van der Waals surface area contributed by atoms with Crippen LogP contribution in [0.1, 0.15) is 68.7 Å². The van der Waals surface area contributed by atoms with Crippen LogP contribution in [-0.2, 0) is 9.47 Å². The highest BCUT2D eigenvalue weighted by Gasteiger charge is 2.30. The van der Waals surface area contributed by atoms with Crippen LogP contribution in [0.15, 0.2) is 0 Å². The van der Waals surface area contributed by atoms with Gasteiger partial charge in [0.05, 0.1) is 60.6 Å². The fraction of sp³-hybridized carbons (Fsp3) is 0.879. The first-order valence-electron chi connectivity index (χ1n) is 18.8. The average Bonchev–Trinajstić information content (AvgIpc) is 3.18. The zero-order chi connectivity index (χ0) is 41.2. The summed E-state index contributed by atoms with van der Waals surface area (Å²) in [5, 5.41) is 13.6. The lowest BCUT2D eigenvalue weighted by atomic mass is 9.87. The van der Waals surface area contributed by atoms with Crippen molar-refractivity contribution < 1.29 is 38.7 Å². The maximum atomic E-state index is 6.03. The van der Waals surface area contributed by atoms with Crippen molar-refractivity contribution in [3.63, 3.8) is 0 Å². The minimum Gasteiger partial charge on any atom is -0.451 e. The van der Waals surface area contributed by atoms with Gasteiger partial charge in [-0.25, -0.2) is 10.8 Å². The van der Waals surface area contributed by atoms with Crippen molar-refractivity contribution in [1.29, 1.82) is 0 Å².